The lowest BCUT2D eigenvalue weighted by Crippen LogP contribution is -2.59. The number of aromatic nitrogens is 2. The Balaban J connectivity index is 0.962. The Kier molecular flexibility index (Phi) is 8.49. The average Bonchev–Trinajstić information content (AvgIpc) is 3.19. The number of nitrogens with zero attached hydrogens (tertiary/aromatic N) is 5. The number of piperidine rings is 2. The van der Waals surface area contributed by atoms with Gasteiger partial charge in [-0.2, -0.15) is 0 Å². The van der Waals surface area contributed by atoms with Crippen LogP contribution in [0.2, 0.25) is 0 Å². The molecule has 4 heterocycles. The van der Waals surface area contributed by atoms with Crippen molar-refractivity contribution in [3.63, 3.8) is 0 Å². The van der Waals surface area contributed by atoms with E-state index in [-0.39, 0.29) is 30.2 Å². The number of rotatable bonds is 6. The zero-order valence-electron chi connectivity index (χ0n) is 26.5. The van der Waals surface area contributed by atoms with Crippen molar-refractivity contribution in [3.05, 3.63) is 28.7 Å². The third-order valence-corrected chi connectivity index (χ3v) is 9.85. The largest absolute Gasteiger partial charge is 0.444 e. The predicted molar refractivity (Wildman–Crippen MR) is 168 cm³/mol. The smallest absolute Gasteiger partial charge is 0.407 e. The molecular weight excluding hydrogens is 562 g/mol. The third-order valence-electron chi connectivity index (χ3n) is 9.85. The van der Waals surface area contributed by atoms with E-state index in [1.165, 1.54) is 4.57 Å². The minimum absolute atomic E-state index is 0.217. The highest BCUT2D eigenvalue weighted by atomic mass is 16.6. The van der Waals surface area contributed by atoms with Gasteiger partial charge < -0.3 is 19.9 Å². The summed E-state index contributed by atoms with van der Waals surface area (Å²) in [6, 6.07) is 6.16. The fourth-order valence-electron chi connectivity index (χ4n) is 7.31. The molecule has 12 heteroatoms. The lowest BCUT2D eigenvalue weighted by atomic mass is 9.85. The van der Waals surface area contributed by atoms with Gasteiger partial charge in [0.1, 0.15) is 11.6 Å². The Morgan fingerprint density at radius 1 is 0.977 bits per heavy atom. The lowest BCUT2D eigenvalue weighted by Gasteiger charge is -2.47. The Labute approximate surface area is 258 Å². The maximum Gasteiger partial charge on any atom is 0.407 e. The second kappa shape index (κ2) is 12.2. The van der Waals surface area contributed by atoms with Gasteiger partial charge in [0.25, 0.3) is 0 Å². The van der Waals surface area contributed by atoms with E-state index in [1.54, 1.807) is 11.6 Å². The summed E-state index contributed by atoms with van der Waals surface area (Å²) in [5.41, 5.74) is 1.92. The van der Waals surface area contributed by atoms with Gasteiger partial charge in [0.05, 0.1) is 11.0 Å². The molecule has 4 aliphatic rings. The highest BCUT2D eigenvalue weighted by molar-refractivity contribution is 6.00. The van der Waals surface area contributed by atoms with Crippen LogP contribution in [-0.4, -0.2) is 100 Å². The highest BCUT2D eigenvalue weighted by Crippen LogP contribution is 2.30. The van der Waals surface area contributed by atoms with Crippen LogP contribution in [0.4, 0.5) is 10.5 Å². The number of carbonyl (C=O) groups excluding carboxylic acids is 3. The Hall–Kier alpha value is -3.38. The minimum Gasteiger partial charge on any atom is -0.444 e. The van der Waals surface area contributed by atoms with Crippen LogP contribution in [0.15, 0.2) is 23.0 Å². The van der Waals surface area contributed by atoms with Crippen molar-refractivity contribution in [1.29, 1.82) is 0 Å². The van der Waals surface area contributed by atoms with Crippen molar-refractivity contribution in [2.24, 2.45) is 13.0 Å². The summed E-state index contributed by atoms with van der Waals surface area (Å²) in [6.07, 6.45) is 4.52. The molecule has 1 atom stereocenters. The molecule has 1 aromatic carbocycles. The van der Waals surface area contributed by atoms with Crippen LogP contribution >= 0.6 is 0 Å². The quantitative estimate of drug-likeness (QED) is 0.479. The molecule has 0 spiro atoms. The van der Waals surface area contributed by atoms with E-state index in [0.29, 0.717) is 18.4 Å². The Morgan fingerprint density at radius 2 is 1.68 bits per heavy atom. The molecule has 1 aromatic heterocycles. The fraction of sp³-hybridized carbons (Fsp3) is 0.688. The predicted octanol–water partition coefficient (Wildman–Crippen LogP) is 2.21. The van der Waals surface area contributed by atoms with Crippen LogP contribution < -0.4 is 21.2 Å². The van der Waals surface area contributed by atoms with Crippen molar-refractivity contribution < 1.29 is 19.1 Å². The molecule has 240 valence electrons. The molecule has 1 unspecified atom stereocenters. The molecule has 1 saturated carbocycles. The van der Waals surface area contributed by atoms with Gasteiger partial charge in [0.2, 0.25) is 11.8 Å². The summed E-state index contributed by atoms with van der Waals surface area (Å²) in [5.74, 6) is -0.0244. The first-order chi connectivity index (χ1) is 20.9. The van der Waals surface area contributed by atoms with Gasteiger partial charge in [0, 0.05) is 77.1 Å². The van der Waals surface area contributed by atoms with Crippen LogP contribution in [0.3, 0.4) is 0 Å². The number of piperazine rings is 1. The molecule has 2 aromatic rings. The summed E-state index contributed by atoms with van der Waals surface area (Å²) in [7, 11) is 1.74. The maximum atomic E-state index is 13.1. The number of carbonyl (C=O) groups is 3. The monoisotopic (exact) mass is 609 g/mol. The molecule has 4 fully saturated rings. The molecule has 1 aliphatic carbocycles. The van der Waals surface area contributed by atoms with Crippen molar-refractivity contribution in [2.45, 2.75) is 83.0 Å². The molecule has 12 nitrogen and oxygen atoms in total. The van der Waals surface area contributed by atoms with Gasteiger partial charge in [-0.3, -0.25) is 28.9 Å². The van der Waals surface area contributed by atoms with E-state index in [2.05, 4.69) is 37.5 Å². The number of ether oxygens (including phenoxy) is 1. The number of imidazole rings is 1. The van der Waals surface area contributed by atoms with Crippen LogP contribution in [0.25, 0.3) is 11.0 Å². The zero-order chi connectivity index (χ0) is 31.2. The van der Waals surface area contributed by atoms with Gasteiger partial charge in [0.15, 0.2) is 0 Å². The van der Waals surface area contributed by atoms with Crippen LogP contribution in [0.1, 0.15) is 65.3 Å². The molecule has 44 heavy (non-hydrogen) atoms. The van der Waals surface area contributed by atoms with E-state index < -0.39 is 17.6 Å². The molecule has 3 aliphatic heterocycles. The van der Waals surface area contributed by atoms with Gasteiger partial charge in [-0.25, -0.2) is 9.59 Å². The Bertz CT molecular complexity index is 1450. The summed E-state index contributed by atoms with van der Waals surface area (Å²) in [4.78, 5) is 56.9. The van der Waals surface area contributed by atoms with Crippen LogP contribution in [0.5, 0.6) is 0 Å². The number of hydrogen-bond acceptors (Lipinski definition) is 8. The first kappa shape index (κ1) is 30.6. The van der Waals surface area contributed by atoms with Crippen molar-refractivity contribution >= 4 is 34.6 Å². The zero-order valence-corrected chi connectivity index (χ0v) is 26.5. The molecule has 3 saturated heterocycles. The lowest BCUT2D eigenvalue weighted by molar-refractivity contribution is -0.135. The maximum absolute atomic E-state index is 13.1. The third kappa shape index (κ3) is 6.51. The topological polar surface area (TPSA) is 121 Å². The number of nitrogens with one attached hydrogen (secondary N) is 2. The van der Waals surface area contributed by atoms with Crippen molar-refractivity contribution in [3.8, 4) is 0 Å². The average molecular weight is 610 g/mol. The highest BCUT2D eigenvalue weighted by Gasteiger charge is 2.37. The number of imide groups is 1. The fourth-order valence-corrected chi connectivity index (χ4v) is 7.31. The SMILES string of the molecule is Cn1c(=O)n(C2CCC(=O)NC2=O)c2ccc(N3CCC(CN4CCN(C5CC(NC(=O)OC(C)(C)C)C5)CC4)CC3)cc21. The molecule has 3 amide bonds. The number of aryl methyl sites for hydroxylation is 1. The summed E-state index contributed by atoms with van der Waals surface area (Å²) >= 11 is 0. The van der Waals surface area contributed by atoms with E-state index >= 15 is 0 Å². The summed E-state index contributed by atoms with van der Waals surface area (Å²) in [6.45, 7) is 13.1. The number of fused-ring (bicyclic) bond motifs is 1. The van der Waals surface area contributed by atoms with E-state index in [0.717, 1.165) is 88.2 Å². The summed E-state index contributed by atoms with van der Waals surface area (Å²) < 4.78 is 8.54. The van der Waals surface area contributed by atoms with Gasteiger partial charge in [-0.05, 0) is 77.0 Å². The molecular formula is C32H47N7O5. The molecule has 0 bridgehead atoms. The van der Waals surface area contributed by atoms with Crippen LogP contribution in [-0.2, 0) is 21.4 Å². The second-order valence-electron chi connectivity index (χ2n) is 14.1. The standard InChI is InChI=1S/C32H47N7O5/c1-32(2,3)44-30(42)33-22-17-24(18-22)38-15-13-36(14-16-38)20-21-9-11-37(12-10-21)23-5-6-25-27(19-23)35(4)31(43)39(25)26-7-8-28(40)34-29(26)41/h5-6,19,21-22,24,26H,7-18,20H2,1-4H3,(H,33,42)(H,34,40,41). The van der Waals surface area contributed by atoms with Gasteiger partial charge >= 0.3 is 11.8 Å². The molecule has 2 N–H and O–H groups in total. The van der Waals surface area contributed by atoms with Gasteiger partial charge in [-0.15, -0.1) is 0 Å². The first-order valence-corrected chi connectivity index (χ1v) is 16.2. The molecule has 0 radical (unpaired) electrons. The van der Waals surface area contributed by atoms with Gasteiger partial charge in [-0.1, -0.05) is 0 Å². The normalized spacial score (nSPS) is 26.0. The number of hydrogen-bond donors (Lipinski definition) is 2. The Morgan fingerprint density at radius 3 is 2.34 bits per heavy atom. The van der Waals surface area contributed by atoms with Crippen molar-refractivity contribution in [2.75, 3.05) is 50.7 Å². The second-order valence-corrected chi connectivity index (χ2v) is 14.1. The number of benzene rings is 1. The van der Waals surface area contributed by atoms with E-state index in [9.17, 15) is 19.2 Å². The number of anilines is 1. The number of alkyl carbamates (subject to hydrolysis) is 1. The first-order valence-electron chi connectivity index (χ1n) is 16.2. The summed E-state index contributed by atoms with van der Waals surface area (Å²) in [5, 5.41) is 5.38. The van der Waals surface area contributed by atoms with Crippen LogP contribution in [0, 0.1) is 5.92 Å². The van der Waals surface area contributed by atoms with E-state index in [1.807, 2.05) is 26.8 Å². The van der Waals surface area contributed by atoms with E-state index in [4.69, 9.17) is 4.74 Å². The minimum atomic E-state index is -0.667. The van der Waals surface area contributed by atoms with Crippen molar-refractivity contribution in [1.82, 2.24) is 29.6 Å². The molecule has 6 rings (SSSR count). The number of amides is 3.